The Labute approximate surface area is 115 Å². The highest BCUT2D eigenvalue weighted by Gasteiger charge is 2.39. The maximum absolute atomic E-state index is 12.2. The minimum absolute atomic E-state index is 0.0373. The third kappa shape index (κ3) is 2.61. The molecule has 1 heterocycles. The SMILES string of the molecule is COC(=O)C1CN(C(=O)c2ccccc2Cl)CC1=O. The van der Waals surface area contributed by atoms with Gasteiger partial charge in [-0.2, -0.15) is 0 Å². The molecule has 6 heteroatoms. The van der Waals surface area contributed by atoms with Crippen LogP contribution in [0.15, 0.2) is 24.3 Å². The summed E-state index contributed by atoms with van der Waals surface area (Å²) in [5.41, 5.74) is 0.322. The van der Waals surface area contributed by atoms with Crippen molar-refractivity contribution in [2.75, 3.05) is 20.2 Å². The molecule has 1 aromatic carbocycles. The molecule has 1 atom stereocenters. The fraction of sp³-hybridized carbons (Fsp3) is 0.308. The number of rotatable bonds is 2. The van der Waals surface area contributed by atoms with Crippen molar-refractivity contribution in [2.45, 2.75) is 0 Å². The summed E-state index contributed by atoms with van der Waals surface area (Å²) < 4.78 is 4.54. The molecule has 1 saturated heterocycles. The van der Waals surface area contributed by atoms with Crippen LogP contribution in [0.1, 0.15) is 10.4 Å². The average Bonchev–Trinajstić information content (AvgIpc) is 2.80. The number of carbonyl (C=O) groups is 3. The number of hydrogen-bond donors (Lipinski definition) is 0. The molecule has 0 saturated carbocycles. The van der Waals surface area contributed by atoms with Gasteiger partial charge >= 0.3 is 5.97 Å². The Morgan fingerprint density at radius 2 is 2.05 bits per heavy atom. The fourth-order valence-electron chi connectivity index (χ4n) is 1.99. The molecule has 0 spiro atoms. The van der Waals surface area contributed by atoms with E-state index in [1.165, 1.54) is 12.0 Å². The number of ether oxygens (including phenoxy) is 1. The quantitative estimate of drug-likeness (QED) is 0.603. The smallest absolute Gasteiger partial charge is 0.318 e. The van der Waals surface area contributed by atoms with Gasteiger partial charge in [0.25, 0.3) is 5.91 Å². The molecule has 1 aliphatic rings. The highest BCUT2D eigenvalue weighted by atomic mass is 35.5. The maximum atomic E-state index is 12.2. The first-order chi connectivity index (χ1) is 9.04. The Morgan fingerprint density at radius 3 is 2.68 bits per heavy atom. The average molecular weight is 282 g/mol. The van der Waals surface area contributed by atoms with E-state index >= 15 is 0 Å². The number of amides is 1. The van der Waals surface area contributed by atoms with E-state index < -0.39 is 11.9 Å². The van der Waals surface area contributed by atoms with Gasteiger partial charge in [0, 0.05) is 6.54 Å². The van der Waals surface area contributed by atoms with Crippen molar-refractivity contribution in [3.8, 4) is 0 Å². The lowest BCUT2D eigenvalue weighted by Crippen LogP contribution is -2.30. The maximum Gasteiger partial charge on any atom is 0.318 e. The predicted molar refractivity (Wildman–Crippen MR) is 67.9 cm³/mol. The standard InChI is InChI=1S/C13H12ClNO4/c1-19-13(18)9-6-15(7-11(9)16)12(17)8-4-2-3-5-10(8)14/h2-5,9H,6-7H2,1H3. The van der Waals surface area contributed by atoms with Gasteiger partial charge in [-0.3, -0.25) is 14.4 Å². The molecular weight excluding hydrogens is 270 g/mol. The largest absolute Gasteiger partial charge is 0.468 e. The topological polar surface area (TPSA) is 63.7 Å². The Morgan fingerprint density at radius 1 is 1.37 bits per heavy atom. The van der Waals surface area contributed by atoms with E-state index in [9.17, 15) is 14.4 Å². The highest BCUT2D eigenvalue weighted by molar-refractivity contribution is 6.33. The van der Waals surface area contributed by atoms with Crippen LogP contribution >= 0.6 is 11.6 Å². The molecule has 5 nitrogen and oxygen atoms in total. The summed E-state index contributed by atoms with van der Waals surface area (Å²) in [6, 6.07) is 6.59. The molecule has 1 amide bonds. The van der Waals surface area contributed by atoms with E-state index in [0.717, 1.165) is 0 Å². The highest BCUT2D eigenvalue weighted by Crippen LogP contribution is 2.21. The molecule has 0 aliphatic carbocycles. The minimum Gasteiger partial charge on any atom is -0.468 e. The number of carbonyl (C=O) groups excluding carboxylic acids is 3. The molecule has 0 radical (unpaired) electrons. The van der Waals surface area contributed by atoms with Crippen LogP contribution in [0.4, 0.5) is 0 Å². The van der Waals surface area contributed by atoms with Crippen LogP contribution in [0.3, 0.4) is 0 Å². The predicted octanol–water partition coefficient (Wildman–Crippen LogP) is 1.15. The number of esters is 1. The molecule has 2 rings (SSSR count). The van der Waals surface area contributed by atoms with Crippen molar-refractivity contribution in [2.24, 2.45) is 5.92 Å². The summed E-state index contributed by atoms with van der Waals surface area (Å²) in [6.45, 7) is -0.0562. The number of nitrogens with zero attached hydrogens (tertiary/aromatic N) is 1. The number of Topliss-reactive ketones (excluding diaryl/α,β-unsaturated/α-hetero) is 1. The van der Waals surface area contributed by atoms with Gasteiger partial charge in [0.15, 0.2) is 5.78 Å². The van der Waals surface area contributed by atoms with Crippen molar-refractivity contribution in [1.82, 2.24) is 4.90 Å². The molecule has 0 N–H and O–H groups in total. The third-order valence-corrected chi connectivity index (χ3v) is 3.35. The molecule has 19 heavy (non-hydrogen) atoms. The molecule has 1 fully saturated rings. The van der Waals surface area contributed by atoms with Gasteiger partial charge in [0.1, 0.15) is 5.92 Å². The van der Waals surface area contributed by atoms with Crippen LogP contribution in [-0.2, 0) is 14.3 Å². The van der Waals surface area contributed by atoms with Crippen molar-refractivity contribution >= 4 is 29.3 Å². The zero-order chi connectivity index (χ0) is 14.0. The molecule has 1 unspecified atom stereocenters. The lowest BCUT2D eigenvalue weighted by molar-refractivity contribution is -0.147. The van der Waals surface area contributed by atoms with Gasteiger partial charge < -0.3 is 9.64 Å². The molecule has 1 aliphatic heterocycles. The molecule has 0 aromatic heterocycles. The van der Waals surface area contributed by atoms with Crippen LogP contribution in [0.5, 0.6) is 0 Å². The summed E-state index contributed by atoms with van der Waals surface area (Å²) >= 11 is 5.94. The van der Waals surface area contributed by atoms with Crippen LogP contribution in [0.25, 0.3) is 0 Å². The fourth-order valence-corrected chi connectivity index (χ4v) is 2.21. The Kier molecular flexibility index (Phi) is 3.85. The first-order valence-electron chi connectivity index (χ1n) is 5.69. The second kappa shape index (κ2) is 5.40. The van der Waals surface area contributed by atoms with E-state index in [1.54, 1.807) is 24.3 Å². The third-order valence-electron chi connectivity index (χ3n) is 3.02. The first-order valence-corrected chi connectivity index (χ1v) is 6.06. The van der Waals surface area contributed by atoms with Gasteiger partial charge in [-0.25, -0.2) is 0 Å². The lowest BCUT2D eigenvalue weighted by atomic mass is 10.1. The second-order valence-corrected chi connectivity index (χ2v) is 4.61. The van der Waals surface area contributed by atoms with Crippen LogP contribution < -0.4 is 0 Å². The number of methoxy groups -OCH3 is 1. The Balaban J connectivity index is 2.17. The van der Waals surface area contributed by atoms with E-state index in [4.69, 9.17) is 11.6 Å². The Hall–Kier alpha value is -1.88. The Bertz CT molecular complexity index is 543. The normalized spacial score (nSPS) is 18.5. The van der Waals surface area contributed by atoms with E-state index in [0.29, 0.717) is 10.6 Å². The van der Waals surface area contributed by atoms with Crippen LogP contribution in [-0.4, -0.2) is 42.8 Å². The van der Waals surface area contributed by atoms with Crippen molar-refractivity contribution in [3.63, 3.8) is 0 Å². The van der Waals surface area contributed by atoms with Gasteiger partial charge in [-0.15, -0.1) is 0 Å². The van der Waals surface area contributed by atoms with Crippen LogP contribution in [0, 0.1) is 5.92 Å². The summed E-state index contributed by atoms with van der Waals surface area (Å²) in [5.74, 6) is -2.17. The first kappa shape index (κ1) is 13.5. The van der Waals surface area contributed by atoms with E-state index in [-0.39, 0.29) is 24.8 Å². The zero-order valence-corrected chi connectivity index (χ0v) is 11.0. The van der Waals surface area contributed by atoms with Crippen molar-refractivity contribution in [3.05, 3.63) is 34.9 Å². The number of ketones is 1. The second-order valence-electron chi connectivity index (χ2n) is 4.21. The van der Waals surface area contributed by atoms with E-state index in [2.05, 4.69) is 4.74 Å². The number of benzene rings is 1. The van der Waals surface area contributed by atoms with E-state index in [1.807, 2.05) is 0 Å². The van der Waals surface area contributed by atoms with Gasteiger partial charge in [0.05, 0.1) is 24.2 Å². The summed E-state index contributed by atoms with van der Waals surface area (Å²) in [5, 5.41) is 0.321. The zero-order valence-electron chi connectivity index (χ0n) is 10.3. The number of halogens is 1. The summed E-state index contributed by atoms with van der Waals surface area (Å²) in [4.78, 5) is 36.6. The van der Waals surface area contributed by atoms with Crippen molar-refractivity contribution < 1.29 is 19.1 Å². The van der Waals surface area contributed by atoms with Gasteiger partial charge in [-0.05, 0) is 12.1 Å². The lowest BCUT2D eigenvalue weighted by Gasteiger charge is -2.15. The summed E-state index contributed by atoms with van der Waals surface area (Å²) in [6.07, 6.45) is 0. The molecule has 1 aromatic rings. The minimum atomic E-state index is -0.892. The number of likely N-dealkylation sites (tertiary alicyclic amines) is 1. The van der Waals surface area contributed by atoms with Gasteiger partial charge in [0.2, 0.25) is 0 Å². The number of hydrogen-bond acceptors (Lipinski definition) is 4. The molecular formula is C13H12ClNO4. The monoisotopic (exact) mass is 281 g/mol. The van der Waals surface area contributed by atoms with Crippen molar-refractivity contribution in [1.29, 1.82) is 0 Å². The molecule has 100 valence electrons. The molecule has 0 bridgehead atoms. The summed E-state index contributed by atoms with van der Waals surface area (Å²) in [7, 11) is 1.22. The van der Waals surface area contributed by atoms with Gasteiger partial charge in [-0.1, -0.05) is 23.7 Å². The van der Waals surface area contributed by atoms with Crippen LogP contribution in [0.2, 0.25) is 5.02 Å².